The zero-order valence-electron chi connectivity index (χ0n) is 11.8. The molecule has 3 rings (SSSR count). The molecular formula is C17H19ClN2O. The van der Waals surface area contributed by atoms with Crippen molar-refractivity contribution in [2.45, 2.75) is 6.54 Å². The lowest BCUT2D eigenvalue weighted by Gasteiger charge is -2.28. The van der Waals surface area contributed by atoms with Crippen molar-refractivity contribution in [1.82, 2.24) is 10.2 Å². The first-order valence-electron chi connectivity index (χ1n) is 7.23. The van der Waals surface area contributed by atoms with E-state index in [9.17, 15) is 5.11 Å². The molecule has 1 aliphatic rings. The van der Waals surface area contributed by atoms with Gasteiger partial charge in [-0.15, -0.1) is 0 Å². The van der Waals surface area contributed by atoms with Crippen LogP contribution < -0.4 is 5.32 Å². The van der Waals surface area contributed by atoms with Crippen LogP contribution in [0.2, 0.25) is 5.02 Å². The third-order valence-electron chi connectivity index (χ3n) is 3.85. The fraction of sp³-hybridized carbons (Fsp3) is 0.294. The molecule has 2 N–H and O–H groups in total. The number of aromatic hydroxyl groups is 1. The van der Waals surface area contributed by atoms with Crippen LogP contribution in [0.25, 0.3) is 11.1 Å². The van der Waals surface area contributed by atoms with Crippen molar-refractivity contribution >= 4 is 11.6 Å². The zero-order chi connectivity index (χ0) is 14.7. The number of nitrogens with zero attached hydrogens (tertiary/aromatic N) is 1. The van der Waals surface area contributed by atoms with Gasteiger partial charge in [-0.1, -0.05) is 29.8 Å². The third kappa shape index (κ3) is 3.56. The van der Waals surface area contributed by atoms with Gasteiger partial charge in [-0.2, -0.15) is 0 Å². The summed E-state index contributed by atoms with van der Waals surface area (Å²) in [4.78, 5) is 2.41. The van der Waals surface area contributed by atoms with Crippen molar-refractivity contribution in [3.05, 3.63) is 53.1 Å². The second-order valence-electron chi connectivity index (χ2n) is 5.37. The standard InChI is InChI=1S/C17H19ClN2O/c18-15-3-1-13(2-4-15)17-6-5-16(21)11-14(17)12-20-9-7-19-8-10-20/h1-6,11,19,21H,7-10,12H2. The monoisotopic (exact) mass is 302 g/mol. The molecule has 0 saturated carbocycles. The maximum atomic E-state index is 9.81. The van der Waals surface area contributed by atoms with Crippen molar-refractivity contribution in [3.63, 3.8) is 0 Å². The van der Waals surface area contributed by atoms with Gasteiger partial charge in [0.05, 0.1) is 0 Å². The first kappa shape index (κ1) is 14.4. The molecule has 3 nitrogen and oxygen atoms in total. The molecule has 0 radical (unpaired) electrons. The van der Waals surface area contributed by atoms with Gasteiger partial charge in [-0.05, 0) is 41.0 Å². The van der Waals surface area contributed by atoms with Crippen LogP contribution in [0.4, 0.5) is 0 Å². The Labute approximate surface area is 130 Å². The number of halogens is 1. The molecule has 0 unspecified atom stereocenters. The van der Waals surface area contributed by atoms with Crippen LogP contribution in [-0.4, -0.2) is 36.2 Å². The fourth-order valence-electron chi connectivity index (χ4n) is 2.73. The minimum atomic E-state index is 0.317. The van der Waals surface area contributed by atoms with E-state index in [1.165, 1.54) is 0 Å². The Kier molecular flexibility index (Phi) is 4.44. The van der Waals surface area contributed by atoms with E-state index in [2.05, 4.69) is 10.2 Å². The highest BCUT2D eigenvalue weighted by molar-refractivity contribution is 6.30. The van der Waals surface area contributed by atoms with Crippen LogP contribution in [0.5, 0.6) is 5.75 Å². The molecule has 1 heterocycles. The van der Waals surface area contributed by atoms with Gasteiger partial charge in [-0.3, -0.25) is 4.90 Å². The smallest absolute Gasteiger partial charge is 0.115 e. The molecule has 1 saturated heterocycles. The van der Waals surface area contributed by atoms with E-state index in [0.717, 1.165) is 54.4 Å². The third-order valence-corrected chi connectivity index (χ3v) is 4.10. The van der Waals surface area contributed by atoms with Crippen LogP contribution >= 0.6 is 11.6 Å². The maximum Gasteiger partial charge on any atom is 0.115 e. The second kappa shape index (κ2) is 6.48. The Bertz CT molecular complexity index is 607. The Morgan fingerprint density at radius 1 is 1.05 bits per heavy atom. The normalized spacial score (nSPS) is 16.0. The van der Waals surface area contributed by atoms with E-state index < -0.39 is 0 Å². The van der Waals surface area contributed by atoms with Gasteiger partial charge < -0.3 is 10.4 Å². The van der Waals surface area contributed by atoms with Crippen molar-refractivity contribution in [2.75, 3.05) is 26.2 Å². The molecule has 0 aliphatic carbocycles. The van der Waals surface area contributed by atoms with Crippen molar-refractivity contribution in [3.8, 4) is 16.9 Å². The summed E-state index contributed by atoms with van der Waals surface area (Å²) in [5.74, 6) is 0.317. The van der Waals surface area contributed by atoms with Gasteiger partial charge >= 0.3 is 0 Å². The van der Waals surface area contributed by atoms with Crippen LogP contribution in [0.15, 0.2) is 42.5 Å². The Morgan fingerprint density at radius 3 is 2.48 bits per heavy atom. The SMILES string of the molecule is Oc1ccc(-c2ccc(Cl)cc2)c(CN2CCNCC2)c1. The molecule has 2 aromatic carbocycles. The van der Waals surface area contributed by atoms with Crippen molar-refractivity contribution < 1.29 is 5.11 Å². The van der Waals surface area contributed by atoms with Crippen LogP contribution in [0, 0.1) is 0 Å². The van der Waals surface area contributed by atoms with Gasteiger partial charge in [-0.25, -0.2) is 0 Å². The van der Waals surface area contributed by atoms with Crippen LogP contribution in [0.3, 0.4) is 0 Å². The predicted octanol–water partition coefficient (Wildman–Crippen LogP) is 3.12. The summed E-state index contributed by atoms with van der Waals surface area (Å²) in [7, 11) is 0. The number of hydrogen-bond acceptors (Lipinski definition) is 3. The molecular weight excluding hydrogens is 284 g/mol. The number of piperazine rings is 1. The van der Waals surface area contributed by atoms with Crippen molar-refractivity contribution in [1.29, 1.82) is 0 Å². The van der Waals surface area contributed by atoms with Gasteiger partial charge in [0.25, 0.3) is 0 Å². The van der Waals surface area contributed by atoms with Crippen LogP contribution in [0.1, 0.15) is 5.56 Å². The highest BCUT2D eigenvalue weighted by Crippen LogP contribution is 2.29. The van der Waals surface area contributed by atoms with E-state index in [4.69, 9.17) is 11.6 Å². The number of rotatable bonds is 3. The van der Waals surface area contributed by atoms with E-state index in [1.54, 1.807) is 6.07 Å². The molecule has 2 aromatic rings. The van der Waals surface area contributed by atoms with E-state index in [1.807, 2.05) is 36.4 Å². The lowest BCUT2D eigenvalue weighted by Crippen LogP contribution is -2.42. The first-order valence-corrected chi connectivity index (χ1v) is 7.61. The lowest BCUT2D eigenvalue weighted by atomic mass is 9.99. The molecule has 0 bridgehead atoms. The van der Waals surface area contributed by atoms with E-state index >= 15 is 0 Å². The summed E-state index contributed by atoms with van der Waals surface area (Å²) in [6.45, 7) is 4.98. The molecule has 110 valence electrons. The minimum absolute atomic E-state index is 0.317. The molecule has 1 aliphatic heterocycles. The molecule has 4 heteroatoms. The predicted molar refractivity (Wildman–Crippen MR) is 86.7 cm³/mol. The largest absolute Gasteiger partial charge is 0.508 e. The van der Waals surface area contributed by atoms with Gasteiger partial charge in [0, 0.05) is 37.7 Å². The van der Waals surface area contributed by atoms with Crippen molar-refractivity contribution in [2.24, 2.45) is 0 Å². The summed E-state index contributed by atoms with van der Waals surface area (Å²) in [6.07, 6.45) is 0. The number of phenolic OH excluding ortho intramolecular Hbond substituents is 1. The highest BCUT2D eigenvalue weighted by atomic mass is 35.5. The zero-order valence-corrected chi connectivity index (χ0v) is 12.6. The fourth-order valence-corrected chi connectivity index (χ4v) is 2.86. The first-order chi connectivity index (χ1) is 10.2. The highest BCUT2D eigenvalue weighted by Gasteiger charge is 2.13. The van der Waals surface area contributed by atoms with E-state index in [-0.39, 0.29) is 0 Å². The molecule has 0 spiro atoms. The Balaban J connectivity index is 1.90. The number of benzene rings is 2. The number of nitrogens with one attached hydrogen (secondary N) is 1. The Morgan fingerprint density at radius 2 is 1.76 bits per heavy atom. The summed E-state index contributed by atoms with van der Waals surface area (Å²) in [5, 5.41) is 13.9. The van der Waals surface area contributed by atoms with Gasteiger partial charge in [0.1, 0.15) is 5.75 Å². The topological polar surface area (TPSA) is 35.5 Å². The molecule has 0 amide bonds. The summed E-state index contributed by atoms with van der Waals surface area (Å²) in [5.41, 5.74) is 3.44. The van der Waals surface area contributed by atoms with Crippen LogP contribution in [-0.2, 0) is 6.54 Å². The van der Waals surface area contributed by atoms with Gasteiger partial charge in [0.15, 0.2) is 0 Å². The average molecular weight is 303 g/mol. The maximum absolute atomic E-state index is 9.81. The molecule has 1 fully saturated rings. The summed E-state index contributed by atoms with van der Waals surface area (Å²) in [6, 6.07) is 13.4. The minimum Gasteiger partial charge on any atom is -0.508 e. The quantitative estimate of drug-likeness (QED) is 0.914. The summed E-state index contributed by atoms with van der Waals surface area (Å²) >= 11 is 5.96. The molecule has 0 atom stereocenters. The lowest BCUT2D eigenvalue weighted by molar-refractivity contribution is 0.233. The molecule has 21 heavy (non-hydrogen) atoms. The second-order valence-corrected chi connectivity index (χ2v) is 5.81. The Hall–Kier alpha value is -1.55. The van der Waals surface area contributed by atoms with Gasteiger partial charge in [0.2, 0.25) is 0 Å². The molecule has 0 aromatic heterocycles. The average Bonchev–Trinajstić information content (AvgIpc) is 2.50. The summed E-state index contributed by atoms with van der Waals surface area (Å²) < 4.78 is 0. The van der Waals surface area contributed by atoms with E-state index in [0.29, 0.717) is 5.75 Å². The number of hydrogen-bond donors (Lipinski definition) is 2. The number of phenols is 1.